The van der Waals surface area contributed by atoms with Crippen LogP contribution in [0.4, 0.5) is 0 Å². The molecule has 0 aliphatic rings. The third kappa shape index (κ3) is 3.64. The van der Waals surface area contributed by atoms with Crippen LogP contribution in [0.5, 0.6) is 0 Å². The molecular weight excluding hydrogens is 392 g/mol. The number of aryl methyl sites for hydroxylation is 1. The van der Waals surface area contributed by atoms with Crippen LogP contribution in [0, 0.1) is 0 Å². The Labute approximate surface area is 132 Å². The van der Waals surface area contributed by atoms with Crippen molar-refractivity contribution in [2.75, 3.05) is 0 Å². The van der Waals surface area contributed by atoms with E-state index in [2.05, 4.69) is 49.1 Å². The number of carbonyl (C=O) groups is 1. The summed E-state index contributed by atoms with van der Waals surface area (Å²) in [7, 11) is 0. The van der Waals surface area contributed by atoms with Gasteiger partial charge in [-0.1, -0.05) is 13.0 Å². The van der Waals surface area contributed by atoms with Crippen molar-refractivity contribution in [3.8, 4) is 0 Å². The molecule has 19 heavy (non-hydrogen) atoms. The summed E-state index contributed by atoms with van der Waals surface area (Å²) in [5.74, 6) is -0.0958. The molecule has 100 valence electrons. The number of aromatic nitrogens is 1. The molecule has 0 aliphatic heterocycles. The number of thiophene rings is 1. The highest BCUT2D eigenvalue weighted by atomic mass is 79.9. The van der Waals surface area contributed by atoms with Gasteiger partial charge in [-0.05, 0) is 56.0 Å². The Hall–Kier alpha value is -0.720. The average Bonchev–Trinajstić information content (AvgIpc) is 2.75. The maximum Gasteiger partial charge on any atom is 0.253 e. The Balaban J connectivity index is 2.06. The second kappa shape index (κ2) is 6.63. The van der Waals surface area contributed by atoms with E-state index in [0.717, 1.165) is 25.3 Å². The fraction of sp³-hybridized carbons (Fsp3) is 0.231. The third-order valence-electron chi connectivity index (χ3n) is 2.68. The van der Waals surface area contributed by atoms with Crippen LogP contribution in [0.25, 0.3) is 0 Å². The van der Waals surface area contributed by atoms with Gasteiger partial charge in [-0.3, -0.25) is 9.78 Å². The molecule has 0 saturated carbocycles. The molecule has 1 N–H and O–H groups in total. The minimum absolute atomic E-state index is 0.0958. The first-order valence-electron chi connectivity index (χ1n) is 5.77. The lowest BCUT2D eigenvalue weighted by molar-refractivity contribution is 0.0950. The number of halogens is 2. The molecule has 0 saturated heterocycles. The van der Waals surface area contributed by atoms with Crippen molar-refractivity contribution >= 4 is 49.1 Å². The highest BCUT2D eigenvalue weighted by Crippen LogP contribution is 2.31. The van der Waals surface area contributed by atoms with Crippen molar-refractivity contribution in [1.29, 1.82) is 0 Å². The lowest BCUT2D eigenvalue weighted by Crippen LogP contribution is -2.23. The van der Waals surface area contributed by atoms with Crippen molar-refractivity contribution in [3.63, 3.8) is 0 Å². The van der Waals surface area contributed by atoms with Gasteiger partial charge in [0.05, 0.1) is 25.4 Å². The van der Waals surface area contributed by atoms with Crippen LogP contribution in [0.2, 0.25) is 0 Å². The SMILES string of the molecule is CCc1cccnc1CNC(=O)c1cc(Br)sc1Br. The maximum absolute atomic E-state index is 12.1. The summed E-state index contributed by atoms with van der Waals surface area (Å²) < 4.78 is 1.75. The smallest absolute Gasteiger partial charge is 0.253 e. The third-order valence-corrected chi connectivity index (χ3v) is 5.02. The van der Waals surface area contributed by atoms with Crippen LogP contribution in [0.3, 0.4) is 0 Å². The number of hydrogen-bond donors (Lipinski definition) is 1. The lowest BCUT2D eigenvalue weighted by Gasteiger charge is -2.07. The molecule has 0 bridgehead atoms. The largest absolute Gasteiger partial charge is 0.346 e. The molecule has 2 aromatic heterocycles. The van der Waals surface area contributed by atoms with Crippen LogP contribution in [0.1, 0.15) is 28.5 Å². The van der Waals surface area contributed by atoms with Gasteiger partial charge in [0.25, 0.3) is 5.91 Å². The molecule has 0 spiro atoms. The van der Waals surface area contributed by atoms with Gasteiger partial charge in [-0.2, -0.15) is 0 Å². The summed E-state index contributed by atoms with van der Waals surface area (Å²) in [6.07, 6.45) is 2.66. The summed E-state index contributed by atoms with van der Waals surface area (Å²) in [5.41, 5.74) is 2.72. The van der Waals surface area contributed by atoms with Crippen molar-refractivity contribution in [1.82, 2.24) is 10.3 Å². The van der Waals surface area contributed by atoms with Gasteiger partial charge in [-0.15, -0.1) is 11.3 Å². The first-order valence-corrected chi connectivity index (χ1v) is 8.18. The molecule has 1 amide bonds. The van der Waals surface area contributed by atoms with Gasteiger partial charge >= 0.3 is 0 Å². The molecule has 0 radical (unpaired) electrons. The zero-order chi connectivity index (χ0) is 13.8. The molecule has 2 rings (SSSR count). The summed E-state index contributed by atoms with van der Waals surface area (Å²) >= 11 is 8.23. The average molecular weight is 404 g/mol. The first-order chi connectivity index (χ1) is 9.11. The van der Waals surface area contributed by atoms with E-state index in [4.69, 9.17) is 0 Å². The molecule has 6 heteroatoms. The second-order valence-electron chi connectivity index (χ2n) is 3.88. The Morgan fingerprint density at radius 1 is 1.47 bits per heavy atom. The van der Waals surface area contributed by atoms with Crippen molar-refractivity contribution in [2.24, 2.45) is 0 Å². The zero-order valence-electron chi connectivity index (χ0n) is 10.2. The highest BCUT2D eigenvalue weighted by Gasteiger charge is 2.13. The summed E-state index contributed by atoms with van der Waals surface area (Å²) in [6, 6.07) is 5.76. The summed E-state index contributed by atoms with van der Waals surface area (Å²) in [6.45, 7) is 2.53. The fourth-order valence-electron chi connectivity index (χ4n) is 1.71. The normalized spacial score (nSPS) is 10.5. The Kier molecular flexibility index (Phi) is 5.13. The number of nitrogens with zero attached hydrogens (tertiary/aromatic N) is 1. The Morgan fingerprint density at radius 2 is 2.26 bits per heavy atom. The van der Waals surface area contributed by atoms with Crippen LogP contribution in [-0.4, -0.2) is 10.9 Å². The van der Waals surface area contributed by atoms with E-state index < -0.39 is 0 Å². The van der Waals surface area contributed by atoms with E-state index in [-0.39, 0.29) is 5.91 Å². The van der Waals surface area contributed by atoms with Crippen molar-refractivity contribution < 1.29 is 4.79 Å². The first kappa shape index (κ1) is 14.7. The highest BCUT2D eigenvalue weighted by molar-refractivity contribution is 9.12. The minimum atomic E-state index is -0.0958. The van der Waals surface area contributed by atoms with E-state index in [0.29, 0.717) is 12.1 Å². The molecule has 2 aromatic rings. The van der Waals surface area contributed by atoms with E-state index in [1.54, 1.807) is 6.20 Å². The summed E-state index contributed by atoms with van der Waals surface area (Å²) in [5, 5.41) is 2.90. The van der Waals surface area contributed by atoms with Crippen LogP contribution in [0.15, 0.2) is 32.0 Å². The summed E-state index contributed by atoms with van der Waals surface area (Å²) in [4.78, 5) is 16.4. The van der Waals surface area contributed by atoms with Gasteiger partial charge in [0.15, 0.2) is 0 Å². The van der Waals surface area contributed by atoms with Crippen molar-refractivity contribution in [2.45, 2.75) is 19.9 Å². The topological polar surface area (TPSA) is 42.0 Å². The lowest BCUT2D eigenvalue weighted by atomic mass is 10.1. The van der Waals surface area contributed by atoms with Gasteiger partial charge < -0.3 is 5.32 Å². The molecule has 0 atom stereocenters. The van der Waals surface area contributed by atoms with Crippen LogP contribution >= 0.6 is 43.2 Å². The minimum Gasteiger partial charge on any atom is -0.346 e. The maximum atomic E-state index is 12.1. The molecule has 0 fully saturated rings. The monoisotopic (exact) mass is 402 g/mol. The van der Waals surface area contributed by atoms with Gasteiger partial charge in [0.2, 0.25) is 0 Å². The number of pyridine rings is 1. The van der Waals surface area contributed by atoms with E-state index >= 15 is 0 Å². The molecule has 2 heterocycles. The fourth-order valence-corrected chi connectivity index (χ4v) is 4.50. The number of hydrogen-bond acceptors (Lipinski definition) is 3. The number of rotatable bonds is 4. The molecule has 3 nitrogen and oxygen atoms in total. The van der Waals surface area contributed by atoms with Gasteiger partial charge in [0.1, 0.15) is 0 Å². The molecule has 0 aliphatic carbocycles. The predicted molar refractivity (Wildman–Crippen MR) is 84.5 cm³/mol. The quantitative estimate of drug-likeness (QED) is 0.832. The van der Waals surface area contributed by atoms with Crippen molar-refractivity contribution in [3.05, 3.63) is 48.8 Å². The molecule has 0 aromatic carbocycles. The van der Waals surface area contributed by atoms with Gasteiger partial charge in [0, 0.05) is 6.20 Å². The van der Waals surface area contributed by atoms with Crippen LogP contribution < -0.4 is 5.32 Å². The number of carbonyl (C=O) groups excluding carboxylic acids is 1. The predicted octanol–water partition coefficient (Wildman–Crippen LogP) is 4.16. The van der Waals surface area contributed by atoms with E-state index in [1.165, 1.54) is 11.3 Å². The number of nitrogens with one attached hydrogen (secondary N) is 1. The Morgan fingerprint density at radius 3 is 2.89 bits per heavy atom. The molecular formula is C13H12Br2N2OS. The van der Waals surface area contributed by atoms with Gasteiger partial charge in [-0.25, -0.2) is 0 Å². The van der Waals surface area contributed by atoms with E-state index in [1.807, 2.05) is 18.2 Å². The van der Waals surface area contributed by atoms with E-state index in [9.17, 15) is 4.79 Å². The standard InChI is InChI=1S/C13H12Br2N2OS/c1-2-8-4-3-5-16-10(8)7-17-13(18)9-6-11(14)19-12(9)15/h3-6H,2,7H2,1H3,(H,17,18). The van der Waals surface area contributed by atoms with Crippen LogP contribution in [-0.2, 0) is 13.0 Å². The molecule has 0 unspecified atom stereocenters. The second-order valence-corrected chi connectivity index (χ2v) is 7.63. The Bertz CT molecular complexity index is 598. The zero-order valence-corrected chi connectivity index (χ0v) is 14.2. The number of amides is 1.